The highest BCUT2D eigenvalue weighted by Crippen LogP contribution is 2.70. The average Bonchev–Trinajstić information content (AvgIpc) is 3.30. The molecule has 1 amide bonds. The van der Waals surface area contributed by atoms with Gasteiger partial charge in [0.05, 0.1) is 32.8 Å². The van der Waals surface area contributed by atoms with Gasteiger partial charge in [0.15, 0.2) is 11.2 Å². The molecule has 3 aromatic carbocycles. The number of ether oxygens (including phenoxy) is 4. The number of hydrogen-bond donors (Lipinski definition) is 3. The second-order valence-corrected chi connectivity index (χ2v) is 9.01. The molecule has 0 saturated heterocycles. The first-order valence-electron chi connectivity index (χ1n) is 11.6. The lowest BCUT2D eigenvalue weighted by Crippen LogP contribution is -2.52. The van der Waals surface area contributed by atoms with Crippen LogP contribution in [0.3, 0.4) is 0 Å². The monoisotopic (exact) mass is 491 g/mol. The summed E-state index contributed by atoms with van der Waals surface area (Å²) in [6.45, 7) is 0. The summed E-state index contributed by atoms with van der Waals surface area (Å²) >= 11 is 0. The van der Waals surface area contributed by atoms with Gasteiger partial charge < -0.3 is 34.5 Å². The van der Waals surface area contributed by atoms with Crippen LogP contribution in [0.25, 0.3) is 0 Å². The van der Waals surface area contributed by atoms with Crippen LogP contribution in [-0.4, -0.2) is 50.6 Å². The van der Waals surface area contributed by atoms with E-state index in [9.17, 15) is 15.0 Å². The zero-order valence-corrected chi connectivity index (χ0v) is 20.5. The summed E-state index contributed by atoms with van der Waals surface area (Å²) in [6, 6.07) is 19.7. The number of amides is 1. The van der Waals surface area contributed by atoms with E-state index >= 15 is 0 Å². The maximum Gasteiger partial charge on any atom is 0.226 e. The minimum atomic E-state index is -2.05. The summed E-state index contributed by atoms with van der Waals surface area (Å²) in [6.07, 6.45) is -1.53. The van der Waals surface area contributed by atoms with Crippen LogP contribution in [0.4, 0.5) is 0 Å². The largest absolute Gasteiger partial charge is 0.497 e. The molecular formula is C28H29NO7. The Morgan fingerprint density at radius 3 is 2.19 bits per heavy atom. The highest BCUT2D eigenvalue weighted by molar-refractivity contribution is 5.83. The van der Waals surface area contributed by atoms with Crippen molar-refractivity contribution in [1.82, 2.24) is 5.32 Å². The van der Waals surface area contributed by atoms with Gasteiger partial charge in [-0.3, -0.25) is 4.79 Å². The van der Waals surface area contributed by atoms with Gasteiger partial charge in [-0.25, -0.2) is 0 Å². The van der Waals surface area contributed by atoms with Crippen molar-refractivity contribution in [2.75, 3.05) is 28.4 Å². The second kappa shape index (κ2) is 8.72. The fraction of sp³-hybridized carbons (Fsp3) is 0.321. The van der Waals surface area contributed by atoms with Crippen LogP contribution in [0.5, 0.6) is 23.0 Å². The number of carbonyl (C=O) groups excluding carboxylic acids is 1. The van der Waals surface area contributed by atoms with Crippen LogP contribution >= 0.6 is 0 Å². The van der Waals surface area contributed by atoms with Crippen LogP contribution in [0.2, 0.25) is 0 Å². The predicted molar refractivity (Wildman–Crippen MR) is 131 cm³/mol. The number of nitrogens with one attached hydrogen (secondary N) is 1. The molecule has 1 aliphatic heterocycles. The Morgan fingerprint density at radius 2 is 1.61 bits per heavy atom. The Bertz CT molecular complexity index is 1280. The lowest BCUT2D eigenvalue weighted by molar-refractivity contribution is -0.154. The normalized spacial score (nSPS) is 28.0. The first-order valence-corrected chi connectivity index (χ1v) is 11.6. The minimum Gasteiger partial charge on any atom is -0.497 e. The van der Waals surface area contributed by atoms with Crippen molar-refractivity contribution in [3.05, 3.63) is 83.4 Å². The maximum atomic E-state index is 13.3. The van der Waals surface area contributed by atoms with Gasteiger partial charge in [-0.05, 0) is 23.3 Å². The third kappa shape index (κ3) is 3.04. The van der Waals surface area contributed by atoms with E-state index in [-0.39, 0.29) is 11.3 Å². The van der Waals surface area contributed by atoms with E-state index in [1.807, 2.05) is 30.3 Å². The summed E-state index contributed by atoms with van der Waals surface area (Å²) < 4.78 is 23.2. The number of fused-ring (bicyclic) bond motifs is 3. The summed E-state index contributed by atoms with van der Waals surface area (Å²) in [5, 5.41) is 27.2. The van der Waals surface area contributed by atoms with Gasteiger partial charge in [-0.15, -0.1) is 0 Å². The lowest BCUT2D eigenvalue weighted by Gasteiger charge is -2.40. The minimum absolute atomic E-state index is 0.265. The predicted octanol–water partition coefficient (Wildman–Crippen LogP) is 2.71. The Hall–Kier alpha value is -3.75. The molecule has 8 heteroatoms. The van der Waals surface area contributed by atoms with Crippen molar-refractivity contribution < 1.29 is 34.0 Å². The molecule has 2 aliphatic rings. The smallest absolute Gasteiger partial charge is 0.226 e. The van der Waals surface area contributed by atoms with Crippen molar-refractivity contribution in [2.24, 2.45) is 5.92 Å². The summed E-state index contributed by atoms with van der Waals surface area (Å²) in [5.74, 6) is -0.548. The molecule has 36 heavy (non-hydrogen) atoms. The standard InChI is InChI=1S/C28H29NO7/c1-29-26(31)22-23(16-8-6-5-7-9-16)28(17-10-12-18(33-2)13-11-17)27(32,25(22)30)24-20(35-4)14-19(34-3)15-21(24)36-28/h5-15,22-23,25,30,32H,1-4H3,(H,29,31)/t22-,23?,25-,27-,28-/m0/s1. The number of carbonyl (C=O) groups is 1. The van der Waals surface area contributed by atoms with Crippen LogP contribution in [0.15, 0.2) is 66.7 Å². The lowest BCUT2D eigenvalue weighted by atomic mass is 9.70. The van der Waals surface area contributed by atoms with Gasteiger partial charge in [0, 0.05) is 25.1 Å². The van der Waals surface area contributed by atoms with Gasteiger partial charge in [-0.1, -0.05) is 42.5 Å². The van der Waals surface area contributed by atoms with E-state index < -0.39 is 35.0 Å². The quantitative estimate of drug-likeness (QED) is 0.487. The Labute approximate surface area is 209 Å². The van der Waals surface area contributed by atoms with Gasteiger partial charge in [0.25, 0.3) is 0 Å². The van der Waals surface area contributed by atoms with Crippen LogP contribution in [0, 0.1) is 5.92 Å². The van der Waals surface area contributed by atoms with Crippen molar-refractivity contribution in [2.45, 2.75) is 23.2 Å². The first kappa shape index (κ1) is 24.0. The van der Waals surface area contributed by atoms with Crippen molar-refractivity contribution in [3.8, 4) is 23.0 Å². The molecule has 0 spiro atoms. The van der Waals surface area contributed by atoms with E-state index in [2.05, 4.69) is 5.32 Å². The van der Waals surface area contributed by atoms with E-state index in [4.69, 9.17) is 18.9 Å². The maximum absolute atomic E-state index is 13.3. The Balaban J connectivity index is 1.88. The molecule has 0 radical (unpaired) electrons. The molecule has 3 N–H and O–H groups in total. The average molecular weight is 492 g/mol. The molecule has 8 nitrogen and oxygen atoms in total. The van der Waals surface area contributed by atoms with Crippen molar-refractivity contribution in [1.29, 1.82) is 0 Å². The zero-order valence-electron chi connectivity index (χ0n) is 20.5. The van der Waals surface area contributed by atoms with Crippen molar-refractivity contribution >= 4 is 5.91 Å². The topological polar surface area (TPSA) is 106 Å². The molecule has 5 rings (SSSR count). The second-order valence-electron chi connectivity index (χ2n) is 9.01. The van der Waals surface area contributed by atoms with E-state index in [1.54, 1.807) is 43.5 Å². The summed E-state index contributed by atoms with van der Waals surface area (Å²) in [5.41, 5.74) is -2.06. The molecular weight excluding hydrogens is 462 g/mol. The van der Waals surface area contributed by atoms with Gasteiger partial charge in [0.2, 0.25) is 5.91 Å². The zero-order chi connectivity index (χ0) is 25.7. The van der Waals surface area contributed by atoms with Crippen LogP contribution < -0.4 is 24.3 Å². The molecule has 1 saturated carbocycles. The van der Waals surface area contributed by atoms with Gasteiger partial charge >= 0.3 is 0 Å². The highest BCUT2D eigenvalue weighted by atomic mass is 16.5. The third-order valence-corrected chi connectivity index (χ3v) is 7.51. The Kier molecular flexibility index (Phi) is 5.81. The highest BCUT2D eigenvalue weighted by Gasteiger charge is 2.78. The molecule has 1 aliphatic carbocycles. The molecule has 1 heterocycles. The first-order chi connectivity index (χ1) is 17.4. The summed E-state index contributed by atoms with van der Waals surface area (Å²) in [4.78, 5) is 13.3. The molecule has 1 fully saturated rings. The SMILES string of the molecule is CNC(=O)[C@H]1C(c2ccccc2)[C@]2(c3ccc(OC)cc3)Oc3cc(OC)cc(OC)c3[C@]2(O)[C@H]1O. The fourth-order valence-corrected chi connectivity index (χ4v) is 5.96. The molecule has 0 bridgehead atoms. The van der Waals surface area contributed by atoms with Gasteiger partial charge in [-0.2, -0.15) is 0 Å². The third-order valence-electron chi connectivity index (χ3n) is 7.51. The number of aliphatic hydroxyl groups excluding tert-OH is 1. The molecule has 0 aromatic heterocycles. The van der Waals surface area contributed by atoms with Crippen LogP contribution in [0.1, 0.15) is 22.6 Å². The van der Waals surface area contributed by atoms with E-state index in [0.29, 0.717) is 22.8 Å². The number of hydrogen-bond acceptors (Lipinski definition) is 7. The number of methoxy groups -OCH3 is 3. The molecule has 3 aromatic rings. The molecule has 5 atom stereocenters. The van der Waals surface area contributed by atoms with Crippen molar-refractivity contribution in [3.63, 3.8) is 0 Å². The van der Waals surface area contributed by atoms with E-state index in [1.165, 1.54) is 21.3 Å². The van der Waals surface area contributed by atoms with Crippen LogP contribution in [-0.2, 0) is 16.0 Å². The number of aliphatic hydroxyl groups is 2. The number of rotatable bonds is 6. The number of benzene rings is 3. The van der Waals surface area contributed by atoms with Gasteiger partial charge in [0.1, 0.15) is 29.1 Å². The van der Waals surface area contributed by atoms with E-state index in [0.717, 1.165) is 5.56 Å². The molecule has 1 unspecified atom stereocenters. The molecule has 188 valence electrons. The fourth-order valence-electron chi connectivity index (χ4n) is 5.96. The summed E-state index contributed by atoms with van der Waals surface area (Å²) in [7, 11) is 6.07. The Morgan fingerprint density at radius 1 is 0.944 bits per heavy atom.